The molecule has 0 saturated carbocycles. The van der Waals surface area contributed by atoms with Crippen molar-refractivity contribution in [1.29, 1.82) is 0 Å². The van der Waals surface area contributed by atoms with Gasteiger partial charge in [0.05, 0.1) is 5.41 Å². The molecule has 0 unspecified atom stereocenters. The van der Waals surface area contributed by atoms with Gasteiger partial charge in [0, 0.05) is 37.2 Å². The monoisotopic (exact) mass is 867 g/mol. The minimum atomic E-state index is -0.512. The molecule has 0 bridgehead atoms. The number of hydrogen-bond acceptors (Lipinski definition) is 2. The van der Waals surface area contributed by atoms with E-state index in [0.717, 1.165) is 17.1 Å². The van der Waals surface area contributed by atoms with E-state index in [2.05, 4.69) is 254 Å². The number of fused-ring (bicyclic) bond motifs is 6. The number of hydrogen-bond donors (Lipinski definition) is 0. The number of benzene rings is 12. The van der Waals surface area contributed by atoms with E-state index in [-0.39, 0.29) is 0 Å². The first kappa shape index (κ1) is 38.0. The van der Waals surface area contributed by atoms with E-state index in [4.69, 9.17) is 0 Å². The average molecular weight is 868 g/mol. The Labute approximate surface area is 393 Å². The first-order chi connectivity index (χ1) is 33.2. The third-order valence-corrected chi connectivity index (χ3v) is 15.7. The highest BCUT2D eigenvalue weighted by Crippen LogP contribution is 2.57. The molecule has 1 nitrogen and oxygen atoms in total. The van der Waals surface area contributed by atoms with Crippen molar-refractivity contribution >= 4 is 80.9 Å². The first-order valence-corrected chi connectivity index (χ1v) is 24.0. The molecule has 0 aliphatic heterocycles. The molecule has 13 aromatic rings. The molecule has 312 valence electrons. The Kier molecular flexibility index (Phi) is 8.44. The van der Waals surface area contributed by atoms with Crippen LogP contribution in [0.4, 0.5) is 17.1 Å². The van der Waals surface area contributed by atoms with Crippen molar-refractivity contribution in [3.8, 4) is 33.4 Å². The maximum absolute atomic E-state index is 2.44. The molecule has 0 fully saturated rings. The summed E-state index contributed by atoms with van der Waals surface area (Å²) in [7, 11) is 0. The summed E-state index contributed by atoms with van der Waals surface area (Å²) in [6.45, 7) is 0. The van der Waals surface area contributed by atoms with Crippen molar-refractivity contribution < 1.29 is 0 Å². The Morgan fingerprint density at radius 3 is 1.58 bits per heavy atom. The van der Waals surface area contributed by atoms with Gasteiger partial charge in [-0.3, -0.25) is 0 Å². The molecular weight excluding hydrogens is 827 g/mol. The van der Waals surface area contributed by atoms with Crippen LogP contribution in [-0.2, 0) is 5.41 Å². The molecule has 0 spiro atoms. The summed E-state index contributed by atoms with van der Waals surface area (Å²) in [5.41, 5.74) is 15.4. The van der Waals surface area contributed by atoms with E-state index < -0.39 is 5.41 Å². The van der Waals surface area contributed by atoms with Crippen LogP contribution in [0.1, 0.15) is 22.3 Å². The van der Waals surface area contributed by atoms with Crippen LogP contribution >= 0.6 is 11.3 Å². The van der Waals surface area contributed by atoms with E-state index in [1.807, 2.05) is 11.3 Å². The summed E-state index contributed by atoms with van der Waals surface area (Å²) in [5.74, 6) is 0. The lowest BCUT2D eigenvalue weighted by molar-refractivity contribution is 0.768. The van der Waals surface area contributed by atoms with Gasteiger partial charge in [-0.25, -0.2) is 0 Å². The summed E-state index contributed by atoms with van der Waals surface area (Å²) < 4.78 is 2.64. The Hall–Kier alpha value is -8.30. The van der Waals surface area contributed by atoms with Crippen LogP contribution in [0.2, 0.25) is 0 Å². The van der Waals surface area contributed by atoms with Crippen molar-refractivity contribution in [2.24, 2.45) is 0 Å². The van der Waals surface area contributed by atoms with Crippen LogP contribution in [0.15, 0.2) is 249 Å². The Morgan fingerprint density at radius 2 is 0.851 bits per heavy atom. The summed E-state index contributed by atoms with van der Waals surface area (Å²) in [5, 5.41) is 10.4. The molecule has 0 radical (unpaired) electrons. The zero-order valence-corrected chi connectivity index (χ0v) is 37.3. The zero-order valence-electron chi connectivity index (χ0n) is 36.5. The number of thiophene rings is 1. The zero-order chi connectivity index (χ0) is 44.1. The molecule has 1 heterocycles. The van der Waals surface area contributed by atoms with Crippen molar-refractivity contribution in [2.75, 3.05) is 4.90 Å². The second kappa shape index (κ2) is 14.9. The van der Waals surface area contributed by atoms with Gasteiger partial charge < -0.3 is 4.90 Å². The van der Waals surface area contributed by atoms with Crippen LogP contribution in [0.5, 0.6) is 0 Å². The van der Waals surface area contributed by atoms with Crippen LogP contribution in [0.3, 0.4) is 0 Å². The lowest BCUT2D eigenvalue weighted by atomic mass is 9.67. The molecule has 1 aliphatic rings. The van der Waals surface area contributed by atoms with Crippen LogP contribution in [0, 0.1) is 0 Å². The van der Waals surface area contributed by atoms with Crippen LogP contribution in [-0.4, -0.2) is 0 Å². The normalized spacial score (nSPS) is 12.9. The lowest BCUT2D eigenvalue weighted by Gasteiger charge is -2.35. The molecule has 0 saturated heterocycles. The van der Waals surface area contributed by atoms with Gasteiger partial charge in [-0.1, -0.05) is 206 Å². The van der Waals surface area contributed by atoms with Gasteiger partial charge in [-0.15, -0.1) is 11.3 Å². The lowest BCUT2D eigenvalue weighted by Crippen LogP contribution is -2.28. The molecule has 1 aromatic heterocycles. The van der Waals surface area contributed by atoms with Crippen molar-refractivity contribution in [3.05, 3.63) is 271 Å². The smallest absolute Gasteiger partial charge is 0.0714 e. The minimum Gasteiger partial charge on any atom is -0.310 e. The quantitative estimate of drug-likeness (QED) is 0.144. The predicted molar refractivity (Wildman–Crippen MR) is 286 cm³/mol. The molecule has 1 aliphatic carbocycles. The highest BCUT2D eigenvalue weighted by molar-refractivity contribution is 7.26. The van der Waals surface area contributed by atoms with Crippen molar-refractivity contribution in [3.63, 3.8) is 0 Å². The van der Waals surface area contributed by atoms with E-state index in [1.54, 1.807) is 0 Å². The molecule has 0 atom stereocenters. The molecule has 0 amide bonds. The van der Waals surface area contributed by atoms with Gasteiger partial charge in [0.1, 0.15) is 0 Å². The van der Waals surface area contributed by atoms with Gasteiger partial charge in [-0.2, -0.15) is 0 Å². The van der Waals surface area contributed by atoms with Gasteiger partial charge in [-0.05, 0) is 130 Å². The Balaban J connectivity index is 0.944. The van der Waals surface area contributed by atoms with Crippen molar-refractivity contribution in [1.82, 2.24) is 0 Å². The number of rotatable bonds is 7. The highest BCUT2D eigenvalue weighted by Gasteiger charge is 2.46. The third kappa shape index (κ3) is 5.67. The molecule has 14 rings (SSSR count). The largest absolute Gasteiger partial charge is 0.310 e. The molecular formula is C65H41NS. The summed E-state index contributed by atoms with van der Waals surface area (Å²) >= 11 is 1.88. The van der Waals surface area contributed by atoms with Gasteiger partial charge in [0.2, 0.25) is 0 Å². The second-order valence-electron chi connectivity index (χ2n) is 17.9. The third-order valence-electron chi connectivity index (χ3n) is 14.5. The first-order valence-electron chi connectivity index (χ1n) is 23.2. The molecule has 0 N–H and O–H groups in total. The van der Waals surface area contributed by atoms with E-state index in [1.165, 1.54) is 108 Å². The minimum absolute atomic E-state index is 0.512. The fourth-order valence-corrected chi connectivity index (χ4v) is 12.8. The fraction of sp³-hybridized carbons (Fsp3) is 0.0154. The Morgan fingerprint density at radius 1 is 0.313 bits per heavy atom. The van der Waals surface area contributed by atoms with Gasteiger partial charge in [0.25, 0.3) is 0 Å². The average Bonchev–Trinajstić information content (AvgIpc) is 3.93. The van der Waals surface area contributed by atoms with Crippen LogP contribution < -0.4 is 4.90 Å². The topological polar surface area (TPSA) is 3.24 Å². The van der Waals surface area contributed by atoms with Gasteiger partial charge >= 0.3 is 0 Å². The summed E-state index contributed by atoms with van der Waals surface area (Å²) in [6.07, 6.45) is 0. The van der Waals surface area contributed by atoms with Crippen molar-refractivity contribution in [2.45, 2.75) is 5.41 Å². The summed E-state index contributed by atoms with van der Waals surface area (Å²) in [6, 6.07) is 92.6. The second-order valence-corrected chi connectivity index (χ2v) is 19.0. The van der Waals surface area contributed by atoms with E-state index in [9.17, 15) is 0 Å². The maximum Gasteiger partial charge on any atom is 0.0714 e. The highest BCUT2D eigenvalue weighted by atomic mass is 32.1. The fourth-order valence-electron chi connectivity index (χ4n) is 11.6. The summed E-state index contributed by atoms with van der Waals surface area (Å²) in [4.78, 5) is 2.44. The molecule has 2 heteroatoms. The van der Waals surface area contributed by atoms with E-state index in [0.29, 0.717) is 0 Å². The predicted octanol–water partition coefficient (Wildman–Crippen LogP) is 18.1. The van der Waals surface area contributed by atoms with E-state index >= 15 is 0 Å². The van der Waals surface area contributed by atoms with Crippen LogP contribution in [0.25, 0.3) is 85.9 Å². The molecule has 12 aromatic carbocycles. The SMILES string of the molecule is c1ccc(C2(c3cccc(N(c4ccc(-c5ccc6ccc7cccc8ccc5c6c78)cc4)c4ccc(-c5cccc6c5sc5ccccc56)cc4)c3)c3ccccc3-c3ccccc32)cc1. The molecule has 67 heavy (non-hydrogen) atoms. The number of nitrogens with zero attached hydrogens (tertiary/aromatic N) is 1. The maximum atomic E-state index is 2.44. The standard InChI is InChI=1S/C65H41NS/c1-2-15-47(16-3-1)65(59-24-7-4-19-54(59)55-20-5-8-25-60(55)65)48-17-11-18-51(41-48)66(50-37-31-43(32-38-50)53-22-12-23-58-56-21-6-9-26-61(56)67-64(53)58)49-35-29-42(30-36-49)52-39-33-46-28-27-44-13-10-14-45-34-40-57(52)63(46)62(44)45/h1-41H. The Bertz CT molecular complexity index is 3970. The van der Waals surface area contributed by atoms with Gasteiger partial charge in [0.15, 0.2) is 0 Å². The number of anilines is 3.